The first-order valence-corrected chi connectivity index (χ1v) is 5.72. The van der Waals surface area contributed by atoms with Gasteiger partial charge in [0.1, 0.15) is 5.58 Å². The second kappa shape index (κ2) is 4.53. The second-order valence-corrected chi connectivity index (χ2v) is 4.13. The topological polar surface area (TPSA) is 76.2 Å². The fourth-order valence-corrected chi connectivity index (χ4v) is 2.08. The fourth-order valence-electron chi connectivity index (χ4n) is 2.08. The van der Waals surface area contributed by atoms with Crippen molar-refractivity contribution in [1.29, 1.82) is 0 Å². The van der Waals surface area contributed by atoms with E-state index in [2.05, 4.69) is 9.97 Å². The third-order valence-corrected chi connectivity index (χ3v) is 2.89. The minimum Gasteiger partial charge on any atom is -0.481 e. The predicted molar refractivity (Wildman–Crippen MR) is 68.6 cm³/mol. The van der Waals surface area contributed by atoms with Crippen LogP contribution in [-0.4, -0.2) is 21.0 Å². The second-order valence-electron chi connectivity index (χ2n) is 4.13. The first-order chi connectivity index (χ1) is 9.25. The average molecular weight is 254 g/mol. The van der Waals surface area contributed by atoms with Crippen LogP contribution < -0.4 is 0 Å². The van der Waals surface area contributed by atoms with Crippen molar-refractivity contribution in [2.45, 2.75) is 6.42 Å². The van der Waals surface area contributed by atoms with Crippen molar-refractivity contribution in [1.82, 2.24) is 9.97 Å². The molecule has 5 heteroatoms. The highest BCUT2D eigenvalue weighted by atomic mass is 16.4. The maximum absolute atomic E-state index is 10.9. The molecule has 3 aromatic heterocycles. The molecule has 0 unspecified atom stereocenters. The maximum Gasteiger partial charge on any atom is 0.307 e. The summed E-state index contributed by atoms with van der Waals surface area (Å²) in [6, 6.07) is 3.60. The van der Waals surface area contributed by atoms with E-state index in [0.717, 1.165) is 16.5 Å². The Kier molecular flexibility index (Phi) is 2.72. The molecule has 0 aliphatic heterocycles. The Morgan fingerprint density at radius 3 is 2.89 bits per heavy atom. The Labute approximate surface area is 108 Å². The molecule has 0 saturated heterocycles. The van der Waals surface area contributed by atoms with Crippen molar-refractivity contribution in [3.63, 3.8) is 0 Å². The molecule has 3 aromatic rings. The lowest BCUT2D eigenvalue weighted by atomic mass is 10.0. The molecule has 0 fully saturated rings. The SMILES string of the molecule is O=C(O)Cc1cnccc1-c1cncc2ccoc12. The van der Waals surface area contributed by atoms with Crippen LogP contribution in [0.4, 0.5) is 0 Å². The van der Waals surface area contributed by atoms with Crippen LogP contribution in [0.5, 0.6) is 0 Å². The van der Waals surface area contributed by atoms with Gasteiger partial charge in [-0.2, -0.15) is 0 Å². The molecule has 0 aliphatic rings. The number of aromatic nitrogens is 2. The Bertz CT molecular complexity index is 749. The van der Waals surface area contributed by atoms with E-state index < -0.39 is 5.97 Å². The van der Waals surface area contributed by atoms with Crippen LogP contribution in [-0.2, 0) is 11.2 Å². The Balaban J connectivity index is 2.21. The summed E-state index contributed by atoms with van der Waals surface area (Å²) in [5.41, 5.74) is 2.90. The maximum atomic E-state index is 10.9. The largest absolute Gasteiger partial charge is 0.481 e. The van der Waals surface area contributed by atoms with Gasteiger partial charge in [0, 0.05) is 35.7 Å². The van der Waals surface area contributed by atoms with E-state index in [-0.39, 0.29) is 6.42 Å². The summed E-state index contributed by atoms with van der Waals surface area (Å²) in [7, 11) is 0. The summed E-state index contributed by atoms with van der Waals surface area (Å²) >= 11 is 0. The number of hydrogen-bond acceptors (Lipinski definition) is 4. The molecule has 5 nitrogen and oxygen atoms in total. The number of rotatable bonds is 3. The number of carboxylic acid groups (broad SMARTS) is 1. The van der Waals surface area contributed by atoms with Gasteiger partial charge in [0.25, 0.3) is 0 Å². The van der Waals surface area contributed by atoms with Crippen molar-refractivity contribution in [2.75, 3.05) is 0 Å². The molecule has 94 valence electrons. The van der Waals surface area contributed by atoms with E-state index in [1.807, 2.05) is 6.07 Å². The number of carboxylic acids is 1. The monoisotopic (exact) mass is 254 g/mol. The molecule has 19 heavy (non-hydrogen) atoms. The molecule has 1 N–H and O–H groups in total. The fraction of sp³-hybridized carbons (Fsp3) is 0.0714. The third-order valence-electron chi connectivity index (χ3n) is 2.89. The zero-order valence-electron chi connectivity index (χ0n) is 9.91. The standard InChI is InChI=1S/C14H10N2O3/c17-13(18)5-10-7-15-3-1-11(10)12-8-16-6-9-2-4-19-14(9)12/h1-4,6-8H,5H2,(H,17,18). The highest BCUT2D eigenvalue weighted by molar-refractivity contribution is 5.92. The minimum absolute atomic E-state index is 0.0831. The molecular weight excluding hydrogens is 244 g/mol. The van der Waals surface area contributed by atoms with Gasteiger partial charge >= 0.3 is 5.97 Å². The summed E-state index contributed by atoms with van der Waals surface area (Å²) in [4.78, 5) is 19.0. The molecule has 0 bridgehead atoms. The van der Waals surface area contributed by atoms with Crippen LogP contribution in [0.2, 0.25) is 0 Å². The highest BCUT2D eigenvalue weighted by Crippen LogP contribution is 2.30. The van der Waals surface area contributed by atoms with Crippen molar-refractivity contribution in [3.05, 3.63) is 48.7 Å². The predicted octanol–water partition coefficient (Wildman–Crippen LogP) is 2.52. The molecule has 3 heterocycles. The highest BCUT2D eigenvalue weighted by Gasteiger charge is 2.13. The zero-order valence-corrected chi connectivity index (χ0v) is 9.91. The third kappa shape index (κ3) is 2.06. The van der Waals surface area contributed by atoms with E-state index in [1.165, 1.54) is 0 Å². The number of aliphatic carboxylic acids is 1. The molecule has 3 rings (SSSR count). The van der Waals surface area contributed by atoms with Crippen LogP contribution in [0.15, 0.2) is 47.6 Å². The lowest BCUT2D eigenvalue weighted by Crippen LogP contribution is -2.02. The van der Waals surface area contributed by atoms with Gasteiger partial charge < -0.3 is 9.52 Å². The van der Waals surface area contributed by atoms with Crippen molar-refractivity contribution in [2.24, 2.45) is 0 Å². The average Bonchev–Trinajstić information content (AvgIpc) is 2.87. The van der Waals surface area contributed by atoms with Gasteiger partial charge in [0.05, 0.1) is 12.7 Å². The van der Waals surface area contributed by atoms with Crippen LogP contribution in [0.25, 0.3) is 22.1 Å². The first-order valence-electron chi connectivity index (χ1n) is 5.72. The number of nitrogens with zero attached hydrogens (tertiary/aromatic N) is 2. The smallest absolute Gasteiger partial charge is 0.307 e. The summed E-state index contributed by atoms with van der Waals surface area (Å²) < 4.78 is 5.46. The summed E-state index contributed by atoms with van der Waals surface area (Å²) in [6.07, 6.45) is 8.08. The number of pyridine rings is 2. The van der Waals surface area contributed by atoms with Crippen molar-refractivity contribution in [3.8, 4) is 11.1 Å². The number of furan rings is 1. The van der Waals surface area contributed by atoms with Crippen molar-refractivity contribution < 1.29 is 14.3 Å². The van der Waals surface area contributed by atoms with E-state index in [9.17, 15) is 4.79 Å². The molecule has 0 atom stereocenters. The molecule has 0 amide bonds. The van der Waals surface area contributed by atoms with Gasteiger partial charge in [0.15, 0.2) is 0 Å². The molecule has 0 spiro atoms. The van der Waals surface area contributed by atoms with Gasteiger partial charge in [-0.1, -0.05) is 0 Å². The van der Waals surface area contributed by atoms with E-state index >= 15 is 0 Å². The molecule has 0 aliphatic carbocycles. The molecule has 0 radical (unpaired) electrons. The number of hydrogen-bond donors (Lipinski definition) is 1. The van der Waals surface area contributed by atoms with Crippen LogP contribution in [0, 0.1) is 0 Å². The quantitative estimate of drug-likeness (QED) is 0.777. The van der Waals surface area contributed by atoms with Gasteiger partial charge in [0.2, 0.25) is 0 Å². The van der Waals surface area contributed by atoms with Crippen LogP contribution in [0.3, 0.4) is 0 Å². The van der Waals surface area contributed by atoms with Gasteiger partial charge in [-0.15, -0.1) is 0 Å². The summed E-state index contributed by atoms with van der Waals surface area (Å²) in [5.74, 6) is -0.895. The first kappa shape index (κ1) is 11.4. The van der Waals surface area contributed by atoms with Gasteiger partial charge in [-0.3, -0.25) is 14.8 Å². The van der Waals surface area contributed by atoms with Gasteiger partial charge in [-0.25, -0.2) is 0 Å². The van der Waals surface area contributed by atoms with Crippen LogP contribution >= 0.6 is 0 Å². The number of carbonyl (C=O) groups is 1. The van der Waals surface area contributed by atoms with Crippen LogP contribution in [0.1, 0.15) is 5.56 Å². The van der Waals surface area contributed by atoms with E-state index in [0.29, 0.717) is 11.1 Å². The summed E-state index contributed by atoms with van der Waals surface area (Å²) in [5, 5.41) is 9.83. The van der Waals surface area contributed by atoms with Crippen molar-refractivity contribution >= 4 is 16.9 Å². The zero-order chi connectivity index (χ0) is 13.2. The van der Waals surface area contributed by atoms with Gasteiger partial charge in [-0.05, 0) is 23.3 Å². The summed E-state index contributed by atoms with van der Waals surface area (Å²) in [6.45, 7) is 0. The Morgan fingerprint density at radius 2 is 2.05 bits per heavy atom. The molecule has 0 aromatic carbocycles. The lowest BCUT2D eigenvalue weighted by Gasteiger charge is -2.07. The van der Waals surface area contributed by atoms with E-state index in [1.54, 1.807) is 37.1 Å². The number of fused-ring (bicyclic) bond motifs is 1. The minimum atomic E-state index is -0.895. The Hall–Kier alpha value is -2.69. The normalized spacial score (nSPS) is 10.7. The van der Waals surface area contributed by atoms with E-state index in [4.69, 9.17) is 9.52 Å². The molecular formula is C14H10N2O3. The molecule has 0 saturated carbocycles. The lowest BCUT2D eigenvalue weighted by molar-refractivity contribution is -0.136. The Morgan fingerprint density at radius 1 is 1.16 bits per heavy atom.